The lowest BCUT2D eigenvalue weighted by Gasteiger charge is -2.43. The van der Waals surface area contributed by atoms with Gasteiger partial charge in [-0.05, 0) is 56.2 Å². The number of alkyl halides is 6. The highest BCUT2D eigenvalue weighted by molar-refractivity contribution is 5.91. The van der Waals surface area contributed by atoms with E-state index in [2.05, 4.69) is 0 Å². The van der Waals surface area contributed by atoms with Crippen LogP contribution in [0.1, 0.15) is 54.1 Å². The first-order valence-corrected chi connectivity index (χ1v) is 12.1. The summed E-state index contributed by atoms with van der Waals surface area (Å²) in [4.78, 5) is 28.4. The molecule has 2 aromatic carbocycles. The van der Waals surface area contributed by atoms with E-state index in [0.29, 0.717) is 47.7 Å². The highest BCUT2D eigenvalue weighted by atomic mass is 19.4. The van der Waals surface area contributed by atoms with E-state index in [1.54, 1.807) is 26.0 Å². The maximum absolute atomic E-state index is 13.5. The SMILES string of the molecule is CCOC(=O)N1c2ccc3c(c2C(N(Cc2cc(C(F)(F)F)cc(C(F)(F)F)c2)C(=O)OC)CC1C)CCO3. The smallest absolute Gasteiger partial charge is 0.416 e. The Kier molecular flexibility index (Phi) is 7.63. The summed E-state index contributed by atoms with van der Waals surface area (Å²) in [5.74, 6) is 0.514. The Morgan fingerprint density at radius 2 is 1.72 bits per heavy atom. The van der Waals surface area contributed by atoms with Crippen molar-refractivity contribution in [1.29, 1.82) is 0 Å². The van der Waals surface area contributed by atoms with Gasteiger partial charge in [0.15, 0.2) is 0 Å². The van der Waals surface area contributed by atoms with Gasteiger partial charge in [0.1, 0.15) is 5.75 Å². The minimum atomic E-state index is -5.05. The number of fused-ring (bicyclic) bond motifs is 3. The van der Waals surface area contributed by atoms with Crippen molar-refractivity contribution < 1.29 is 50.1 Å². The summed E-state index contributed by atoms with van der Waals surface area (Å²) in [6.45, 7) is 3.18. The maximum Gasteiger partial charge on any atom is 0.416 e. The summed E-state index contributed by atoms with van der Waals surface area (Å²) < 4.78 is 96.8. The van der Waals surface area contributed by atoms with Gasteiger partial charge in [0.25, 0.3) is 0 Å². The van der Waals surface area contributed by atoms with Crippen LogP contribution in [-0.4, -0.2) is 43.5 Å². The molecule has 2 amide bonds. The molecule has 212 valence electrons. The van der Waals surface area contributed by atoms with Crippen LogP contribution >= 0.6 is 0 Å². The quantitative estimate of drug-likeness (QED) is 0.388. The maximum atomic E-state index is 13.5. The molecule has 4 rings (SSSR count). The van der Waals surface area contributed by atoms with Crippen molar-refractivity contribution >= 4 is 17.9 Å². The van der Waals surface area contributed by atoms with Gasteiger partial charge in [0, 0.05) is 30.1 Å². The fourth-order valence-corrected chi connectivity index (χ4v) is 5.14. The van der Waals surface area contributed by atoms with Crippen LogP contribution in [0.15, 0.2) is 30.3 Å². The minimum Gasteiger partial charge on any atom is -0.493 e. The molecule has 2 aliphatic heterocycles. The molecule has 2 atom stereocenters. The Hall–Kier alpha value is -3.64. The van der Waals surface area contributed by atoms with Crippen molar-refractivity contribution in [3.8, 4) is 5.75 Å². The monoisotopic (exact) mass is 560 g/mol. The number of carbonyl (C=O) groups excluding carboxylic acids is 2. The van der Waals surface area contributed by atoms with Crippen molar-refractivity contribution in [2.75, 3.05) is 25.2 Å². The molecular formula is C26H26F6N2O5. The van der Waals surface area contributed by atoms with Crippen molar-refractivity contribution in [3.05, 3.63) is 58.1 Å². The molecule has 0 spiro atoms. The third-order valence-corrected chi connectivity index (χ3v) is 6.75. The lowest BCUT2D eigenvalue weighted by Crippen LogP contribution is -2.48. The molecule has 0 bridgehead atoms. The number of hydrogen-bond donors (Lipinski definition) is 0. The summed E-state index contributed by atoms with van der Waals surface area (Å²) in [5, 5.41) is 0. The summed E-state index contributed by atoms with van der Waals surface area (Å²) in [5.41, 5.74) is -1.75. The first-order valence-electron chi connectivity index (χ1n) is 12.1. The van der Waals surface area contributed by atoms with Gasteiger partial charge in [-0.25, -0.2) is 9.59 Å². The highest BCUT2D eigenvalue weighted by Crippen LogP contribution is 2.47. The molecule has 0 radical (unpaired) electrons. The topological polar surface area (TPSA) is 68.3 Å². The van der Waals surface area contributed by atoms with E-state index in [1.165, 1.54) is 4.90 Å². The first kappa shape index (κ1) is 28.4. The molecule has 2 aliphatic rings. The third kappa shape index (κ3) is 5.57. The lowest BCUT2D eigenvalue weighted by atomic mass is 9.86. The number of carbonyl (C=O) groups is 2. The summed E-state index contributed by atoms with van der Waals surface area (Å²) in [6, 6.07) is 3.11. The lowest BCUT2D eigenvalue weighted by molar-refractivity contribution is -0.143. The second-order valence-corrected chi connectivity index (χ2v) is 9.26. The van der Waals surface area contributed by atoms with Crippen LogP contribution in [0.3, 0.4) is 0 Å². The van der Waals surface area contributed by atoms with Gasteiger partial charge in [-0.3, -0.25) is 9.80 Å². The Morgan fingerprint density at radius 1 is 1.08 bits per heavy atom. The third-order valence-electron chi connectivity index (χ3n) is 6.75. The molecule has 0 aliphatic carbocycles. The van der Waals surface area contributed by atoms with Crippen molar-refractivity contribution in [1.82, 2.24) is 4.90 Å². The molecule has 2 unspecified atom stereocenters. The zero-order chi connectivity index (χ0) is 28.7. The van der Waals surface area contributed by atoms with Gasteiger partial charge in [0.05, 0.1) is 43.2 Å². The van der Waals surface area contributed by atoms with Crippen molar-refractivity contribution in [3.63, 3.8) is 0 Å². The molecule has 0 N–H and O–H groups in total. The van der Waals surface area contributed by atoms with Gasteiger partial charge in [0.2, 0.25) is 0 Å². The molecular weight excluding hydrogens is 534 g/mol. The summed E-state index contributed by atoms with van der Waals surface area (Å²) >= 11 is 0. The highest BCUT2D eigenvalue weighted by Gasteiger charge is 2.43. The Bertz CT molecular complexity index is 1230. The average molecular weight is 560 g/mol. The van der Waals surface area contributed by atoms with E-state index in [-0.39, 0.29) is 24.7 Å². The Morgan fingerprint density at radius 3 is 2.28 bits per heavy atom. The molecule has 0 saturated heterocycles. The minimum absolute atomic E-state index is 0.0331. The van der Waals surface area contributed by atoms with E-state index >= 15 is 0 Å². The molecule has 2 heterocycles. The zero-order valence-electron chi connectivity index (χ0n) is 21.3. The number of hydrogen-bond acceptors (Lipinski definition) is 5. The van der Waals surface area contributed by atoms with Crippen LogP contribution in [0.25, 0.3) is 0 Å². The van der Waals surface area contributed by atoms with E-state index in [1.807, 2.05) is 0 Å². The average Bonchev–Trinajstić information content (AvgIpc) is 3.34. The van der Waals surface area contributed by atoms with Crippen LogP contribution in [0.4, 0.5) is 41.6 Å². The van der Waals surface area contributed by atoms with Crippen LogP contribution in [0.2, 0.25) is 0 Å². The Labute approximate surface area is 220 Å². The molecule has 13 heteroatoms. The molecule has 7 nitrogen and oxygen atoms in total. The van der Waals surface area contributed by atoms with Crippen LogP contribution in [0.5, 0.6) is 5.75 Å². The number of benzene rings is 2. The number of ether oxygens (including phenoxy) is 3. The van der Waals surface area contributed by atoms with Gasteiger partial charge < -0.3 is 14.2 Å². The number of amides is 2. The fourth-order valence-electron chi connectivity index (χ4n) is 5.14. The molecule has 39 heavy (non-hydrogen) atoms. The van der Waals surface area contributed by atoms with Gasteiger partial charge in [-0.15, -0.1) is 0 Å². The number of methoxy groups -OCH3 is 1. The predicted octanol–water partition coefficient (Wildman–Crippen LogP) is 6.72. The number of nitrogens with zero attached hydrogens (tertiary/aromatic N) is 2. The predicted molar refractivity (Wildman–Crippen MR) is 126 cm³/mol. The normalized spacial score (nSPS) is 18.6. The number of rotatable bonds is 4. The van der Waals surface area contributed by atoms with Crippen LogP contribution in [0, 0.1) is 0 Å². The number of halogens is 6. The second-order valence-electron chi connectivity index (χ2n) is 9.26. The second kappa shape index (κ2) is 10.5. The van der Waals surface area contributed by atoms with E-state index in [0.717, 1.165) is 12.0 Å². The first-order chi connectivity index (χ1) is 18.3. The Balaban J connectivity index is 1.85. The van der Waals surface area contributed by atoms with E-state index in [4.69, 9.17) is 14.2 Å². The van der Waals surface area contributed by atoms with Gasteiger partial charge in [-0.1, -0.05) is 0 Å². The van der Waals surface area contributed by atoms with E-state index in [9.17, 15) is 35.9 Å². The molecule has 0 saturated carbocycles. The standard InChI is InChI=1S/C26H26F6N2O5/c1-4-38-24(36)34-14(2)9-20(22-18-7-8-39-21(18)6-5-19(22)34)33(23(35)37-3)13-15-10-16(25(27,28)29)12-17(11-15)26(30,31)32/h5-6,10-12,14,20H,4,7-9,13H2,1-3H3. The molecule has 0 fully saturated rings. The van der Waals surface area contributed by atoms with Gasteiger partial charge in [-0.2, -0.15) is 26.3 Å². The van der Waals surface area contributed by atoms with Crippen LogP contribution in [-0.2, 0) is 34.8 Å². The molecule has 0 aromatic heterocycles. The zero-order valence-corrected chi connectivity index (χ0v) is 21.3. The van der Waals surface area contributed by atoms with Crippen LogP contribution < -0.4 is 9.64 Å². The fraction of sp³-hybridized carbons (Fsp3) is 0.462. The van der Waals surface area contributed by atoms with Crippen molar-refractivity contribution in [2.45, 2.75) is 57.7 Å². The number of anilines is 1. The molecule has 2 aromatic rings. The van der Waals surface area contributed by atoms with E-state index < -0.39 is 54.3 Å². The summed E-state index contributed by atoms with van der Waals surface area (Å²) in [7, 11) is 1.07. The summed E-state index contributed by atoms with van der Waals surface area (Å²) in [6.07, 6.45) is -11.1. The van der Waals surface area contributed by atoms with Gasteiger partial charge >= 0.3 is 24.5 Å². The largest absolute Gasteiger partial charge is 0.493 e. The van der Waals surface area contributed by atoms with Crippen molar-refractivity contribution in [2.24, 2.45) is 0 Å².